The second-order valence-electron chi connectivity index (χ2n) is 5.71. The Balaban J connectivity index is 2.37. The summed E-state index contributed by atoms with van der Waals surface area (Å²) in [4.78, 5) is 48.1. The fourth-order valence-corrected chi connectivity index (χ4v) is 2.86. The first-order chi connectivity index (χ1) is 11.4. The van der Waals surface area contributed by atoms with Crippen molar-refractivity contribution in [3.8, 4) is 0 Å². The van der Waals surface area contributed by atoms with Crippen molar-refractivity contribution in [2.24, 2.45) is 0 Å². The number of carboxylic acid groups (broad SMARTS) is 2. The van der Waals surface area contributed by atoms with E-state index in [2.05, 4.69) is 0 Å². The van der Waals surface area contributed by atoms with Crippen LogP contribution >= 0.6 is 0 Å². The van der Waals surface area contributed by atoms with Gasteiger partial charge in [0.05, 0.1) is 11.1 Å². The molecule has 128 valence electrons. The summed E-state index contributed by atoms with van der Waals surface area (Å²) in [5.74, 6) is -3.90. The third-order valence-corrected chi connectivity index (χ3v) is 4.06. The molecule has 1 unspecified atom stereocenters. The molecule has 1 heterocycles. The highest BCUT2D eigenvalue weighted by molar-refractivity contribution is 6.23. The largest absolute Gasteiger partial charge is 0.481 e. The van der Waals surface area contributed by atoms with Crippen molar-refractivity contribution in [2.75, 3.05) is 0 Å². The number of hydrogen-bond donors (Lipinski definition) is 2. The topological polar surface area (TPSA) is 112 Å². The molecule has 0 saturated heterocycles. The predicted octanol–water partition coefficient (Wildman–Crippen LogP) is 1.94. The molecular formula is C17H19NO6. The van der Waals surface area contributed by atoms with E-state index in [0.29, 0.717) is 11.3 Å². The number of aliphatic carboxylic acids is 2. The molecule has 0 fully saturated rings. The first-order valence-electron chi connectivity index (χ1n) is 7.82. The zero-order chi connectivity index (χ0) is 17.9. The van der Waals surface area contributed by atoms with E-state index in [1.165, 1.54) is 6.07 Å². The van der Waals surface area contributed by atoms with Gasteiger partial charge in [-0.3, -0.25) is 19.3 Å². The summed E-state index contributed by atoms with van der Waals surface area (Å²) in [6.45, 7) is 2.01. The van der Waals surface area contributed by atoms with Crippen molar-refractivity contribution in [1.29, 1.82) is 0 Å². The van der Waals surface area contributed by atoms with Gasteiger partial charge in [-0.05, 0) is 30.9 Å². The number of fused-ring (bicyclic) bond motifs is 1. The number of carbonyl (C=O) groups is 4. The van der Waals surface area contributed by atoms with Crippen molar-refractivity contribution in [2.45, 2.75) is 45.1 Å². The van der Waals surface area contributed by atoms with E-state index >= 15 is 0 Å². The number of benzene rings is 1. The third kappa shape index (κ3) is 3.29. The van der Waals surface area contributed by atoms with Crippen LogP contribution in [0, 0.1) is 0 Å². The summed E-state index contributed by atoms with van der Waals surface area (Å²) >= 11 is 0. The van der Waals surface area contributed by atoms with E-state index in [1.54, 1.807) is 12.1 Å². The van der Waals surface area contributed by atoms with Crippen molar-refractivity contribution in [1.82, 2.24) is 4.90 Å². The molecule has 2 amide bonds. The number of carboxylic acids is 2. The van der Waals surface area contributed by atoms with Crippen LogP contribution in [0.3, 0.4) is 0 Å². The van der Waals surface area contributed by atoms with E-state index in [9.17, 15) is 24.3 Å². The highest BCUT2D eigenvalue weighted by Crippen LogP contribution is 2.29. The van der Waals surface area contributed by atoms with Crippen molar-refractivity contribution in [3.05, 3.63) is 34.9 Å². The number of carbonyl (C=O) groups excluding carboxylic acids is 2. The molecule has 0 saturated carbocycles. The van der Waals surface area contributed by atoms with Gasteiger partial charge in [-0.2, -0.15) is 0 Å². The van der Waals surface area contributed by atoms with Gasteiger partial charge in [0.15, 0.2) is 0 Å². The normalized spacial score (nSPS) is 14.6. The highest BCUT2D eigenvalue weighted by atomic mass is 16.4. The van der Waals surface area contributed by atoms with E-state index < -0.39 is 36.2 Å². The average Bonchev–Trinajstić information content (AvgIpc) is 2.78. The molecular weight excluding hydrogens is 314 g/mol. The smallest absolute Gasteiger partial charge is 0.326 e. The lowest BCUT2D eigenvalue weighted by Gasteiger charge is -2.21. The molecule has 1 atom stereocenters. The van der Waals surface area contributed by atoms with Gasteiger partial charge in [-0.15, -0.1) is 0 Å². The lowest BCUT2D eigenvalue weighted by atomic mass is 9.98. The Morgan fingerprint density at radius 3 is 2.46 bits per heavy atom. The molecule has 0 radical (unpaired) electrons. The van der Waals surface area contributed by atoms with Crippen LogP contribution in [-0.2, 0) is 16.0 Å². The molecule has 7 heteroatoms. The summed E-state index contributed by atoms with van der Waals surface area (Å²) in [6, 6.07) is 3.45. The number of amides is 2. The van der Waals surface area contributed by atoms with Gasteiger partial charge in [0.1, 0.15) is 6.04 Å². The molecule has 2 N–H and O–H groups in total. The van der Waals surface area contributed by atoms with Crippen LogP contribution in [0.1, 0.15) is 58.9 Å². The van der Waals surface area contributed by atoms with Gasteiger partial charge in [0, 0.05) is 6.42 Å². The van der Waals surface area contributed by atoms with E-state index in [4.69, 9.17) is 5.11 Å². The summed E-state index contributed by atoms with van der Waals surface area (Å²) in [7, 11) is 0. The highest BCUT2D eigenvalue weighted by Gasteiger charge is 2.43. The Morgan fingerprint density at radius 1 is 1.17 bits per heavy atom. The zero-order valence-corrected chi connectivity index (χ0v) is 13.3. The van der Waals surface area contributed by atoms with E-state index in [0.717, 1.165) is 18.4 Å². The van der Waals surface area contributed by atoms with Crippen LogP contribution < -0.4 is 0 Å². The number of hydrogen-bond acceptors (Lipinski definition) is 4. The van der Waals surface area contributed by atoms with Gasteiger partial charge >= 0.3 is 11.9 Å². The molecule has 7 nitrogen and oxygen atoms in total. The molecule has 1 aromatic rings. The summed E-state index contributed by atoms with van der Waals surface area (Å²) < 4.78 is 0. The lowest BCUT2D eigenvalue weighted by Crippen LogP contribution is -2.45. The summed E-state index contributed by atoms with van der Waals surface area (Å²) in [5, 5.41) is 18.1. The van der Waals surface area contributed by atoms with E-state index in [1.807, 2.05) is 6.92 Å². The second kappa shape index (κ2) is 7.25. The van der Waals surface area contributed by atoms with Crippen LogP contribution in [-0.4, -0.2) is 44.9 Å². The van der Waals surface area contributed by atoms with Gasteiger partial charge in [-0.25, -0.2) is 4.79 Å². The Kier molecular flexibility index (Phi) is 5.33. The summed E-state index contributed by atoms with van der Waals surface area (Å²) in [5.41, 5.74) is 1.16. The molecule has 1 aliphatic heterocycles. The predicted molar refractivity (Wildman–Crippen MR) is 83.8 cm³/mol. The number of aryl methyl sites for hydroxylation is 1. The maximum atomic E-state index is 12.7. The Labute approximate surface area is 138 Å². The SMILES string of the molecule is CCCCc1cccc2c1C(=O)N(C(CCC(=O)O)C(=O)O)C2=O. The van der Waals surface area contributed by atoms with Crippen LogP contribution in [0.5, 0.6) is 0 Å². The van der Waals surface area contributed by atoms with Gasteiger partial charge in [0.25, 0.3) is 11.8 Å². The first kappa shape index (κ1) is 17.7. The second-order valence-corrected chi connectivity index (χ2v) is 5.71. The molecule has 0 bridgehead atoms. The molecule has 1 aliphatic rings. The fraction of sp³-hybridized carbons (Fsp3) is 0.412. The maximum absolute atomic E-state index is 12.7. The quantitative estimate of drug-likeness (QED) is 0.703. The lowest BCUT2D eigenvalue weighted by molar-refractivity contribution is -0.142. The first-order valence-corrected chi connectivity index (χ1v) is 7.82. The molecule has 0 spiro atoms. The fourth-order valence-electron chi connectivity index (χ4n) is 2.86. The standard InChI is InChI=1S/C17H19NO6/c1-2-3-5-10-6-4-7-11-14(10)16(22)18(15(11)21)12(17(23)24)8-9-13(19)20/h4,6-7,12H,2-3,5,8-9H2,1H3,(H,19,20)(H,23,24). The Bertz CT molecular complexity index is 696. The van der Waals surface area contributed by atoms with E-state index in [-0.39, 0.29) is 17.5 Å². The number of unbranched alkanes of at least 4 members (excludes halogenated alkanes) is 1. The maximum Gasteiger partial charge on any atom is 0.326 e. The number of nitrogens with zero attached hydrogens (tertiary/aromatic N) is 1. The van der Waals surface area contributed by atoms with Crippen LogP contribution in [0.25, 0.3) is 0 Å². The van der Waals surface area contributed by atoms with Gasteiger partial charge in [-0.1, -0.05) is 25.5 Å². The summed E-state index contributed by atoms with van der Waals surface area (Å²) in [6.07, 6.45) is 1.64. The third-order valence-electron chi connectivity index (χ3n) is 4.06. The van der Waals surface area contributed by atoms with Gasteiger partial charge in [0.2, 0.25) is 0 Å². The Morgan fingerprint density at radius 2 is 1.88 bits per heavy atom. The molecule has 0 aromatic heterocycles. The zero-order valence-electron chi connectivity index (χ0n) is 13.3. The average molecular weight is 333 g/mol. The molecule has 2 rings (SSSR count). The van der Waals surface area contributed by atoms with Crippen LogP contribution in [0.2, 0.25) is 0 Å². The van der Waals surface area contributed by atoms with Crippen molar-refractivity contribution in [3.63, 3.8) is 0 Å². The minimum absolute atomic E-state index is 0.190. The van der Waals surface area contributed by atoms with Crippen molar-refractivity contribution < 1.29 is 29.4 Å². The molecule has 1 aromatic carbocycles. The number of rotatable bonds is 8. The Hall–Kier alpha value is -2.70. The number of imide groups is 1. The monoisotopic (exact) mass is 333 g/mol. The minimum atomic E-state index is -1.48. The molecule has 0 aliphatic carbocycles. The molecule has 24 heavy (non-hydrogen) atoms. The van der Waals surface area contributed by atoms with Crippen LogP contribution in [0.4, 0.5) is 0 Å². The minimum Gasteiger partial charge on any atom is -0.481 e. The van der Waals surface area contributed by atoms with Gasteiger partial charge < -0.3 is 10.2 Å². The van der Waals surface area contributed by atoms with Crippen molar-refractivity contribution >= 4 is 23.8 Å². The van der Waals surface area contributed by atoms with Crippen LogP contribution in [0.15, 0.2) is 18.2 Å².